The minimum atomic E-state index is -0.162. The van der Waals surface area contributed by atoms with Crippen LogP contribution in [0.4, 0.5) is 11.6 Å². The van der Waals surface area contributed by atoms with E-state index in [2.05, 4.69) is 26.4 Å². The summed E-state index contributed by atoms with van der Waals surface area (Å²) in [5.41, 5.74) is 1.67. The van der Waals surface area contributed by atoms with Gasteiger partial charge in [0.15, 0.2) is 11.6 Å². The molecule has 2 heterocycles. The summed E-state index contributed by atoms with van der Waals surface area (Å²) in [6, 6.07) is 7.74. The van der Waals surface area contributed by atoms with Crippen LogP contribution in [0.3, 0.4) is 0 Å². The zero-order valence-electron chi connectivity index (χ0n) is 12.9. The van der Waals surface area contributed by atoms with Crippen LogP contribution in [0.1, 0.15) is 12.8 Å². The van der Waals surface area contributed by atoms with Crippen molar-refractivity contribution in [3.63, 3.8) is 0 Å². The molecule has 1 aromatic heterocycles. The molecule has 1 amide bonds. The summed E-state index contributed by atoms with van der Waals surface area (Å²) in [5.74, 6) is 3.67. The van der Waals surface area contributed by atoms with Crippen LogP contribution < -0.4 is 15.5 Å². The number of benzene rings is 1. The monoisotopic (exact) mass is 309 g/mol. The molecule has 1 fully saturated rings. The standard InChI is InChI=1S/C17H19N5O/c1-2-9-18-15(23)12-19-16-17(22-10-5-6-11-22)21-14-8-4-3-7-13(14)20-16/h1,3-4,7-8H,5-6,9-12H2,(H,18,23)(H,19,20). The molecule has 0 unspecified atom stereocenters. The number of para-hydroxylation sites is 2. The Morgan fingerprint density at radius 2 is 1.91 bits per heavy atom. The van der Waals surface area contributed by atoms with Crippen LogP contribution in [0.5, 0.6) is 0 Å². The number of carbonyl (C=O) groups is 1. The summed E-state index contributed by atoms with van der Waals surface area (Å²) in [5, 5.41) is 5.72. The Balaban J connectivity index is 1.85. The molecule has 0 radical (unpaired) electrons. The molecule has 1 aliphatic rings. The smallest absolute Gasteiger partial charge is 0.240 e. The van der Waals surface area contributed by atoms with Crippen molar-refractivity contribution < 1.29 is 4.79 Å². The van der Waals surface area contributed by atoms with Gasteiger partial charge in [-0.05, 0) is 25.0 Å². The number of nitrogens with zero attached hydrogens (tertiary/aromatic N) is 3. The lowest BCUT2D eigenvalue weighted by Gasteiger charge is -2.20. The van der Waals surface area contributed by atoms with Gasteiger partial charge < -0.3 is 15.5 Å². The maximum atomic E-state index is 11.7. The molecule has 1 aromatic carbocycles. The number of terminal acetylenes is 1. The maximum absolute atomic E-state index is 11.7. The van der Waals surface area contributed by atoms with Gasteiger partial charge in [-0.2, -0.15) is 0 Å². The zero-order valence-corrected chi connectivity index (χ0v) is 12.9. The Morgan fingerprint density at radius 3 is 2.61 bits per heavy atom. The number of anilines is 2. The van der Waals surface area contributed by atoms with E-state index in [9.17, 15) is 4.79 Å². The minimum Gasteiger partial charge on any atom is -0.358 e. The normalized spacial score (nSPS) is 13.8. The highest BCUT2D eigenvalue weighted by atomic mass is 16.1. The molecule has 1 aliphatic heterocycles. The largest absolute Gasteiger partial charge is 0.358 e. The number of rotatable bonds is 5. The summed E-state index contributed by atoms with van der Waals surface area (Å²) in [6.07, 6.45) is 7.44. The van der Waals surface area contributed by atoms with Crippen molar-refractivity contribution >= 4 is 28.6 Å². The lowest BCUT2D eigenvalue weighted by atomic mass is 10.3. The Bertz CT molecular complexity index is 746. The van der Waals surface area contributed by atoms with Crippen molar-refractivity contribution in [1.29, 1.82) is 0 Å². The third-order valence-corrected chi connectivity index (χ3v) is 3.76. The van der Waals surface area contributed by atoms with Gasteiger partial charge >= 0.3 is 0 Å². The lowest BCUT2D eigenvalue weighted by Crippen LogP contribution is -2.31. The zero-order chi connectivity index (χ0) is 16.1. The molecule has 0 atom stereocenters. The van der Waals surface area contributed by atoms with Gasteiger partial charge in [-0.3, -0.25) is 4.79 Å². The predicted octanol–water partition coefficient (Wildman–Crippen LogP) is 1.39. The van der Waals surface area contributed by atoms with Crippen molar-refractivity contribution in [3.8, 4) is 12.3 Å². The highest BCUT2D eigenvalue weighted by Crippen LogP contribution is 2.27. The molecule has 0 spiro atoms. The molecular weight excluding hydrogens is 290 g/mol. The summed E-state index contributed by atoms with van der Waals surface area (Å²) in [6.45, 7) is 2.27. The van der Waals surface area contributed by atoms with Gasteiger partial charge in [0.2, 0.25) is 5.91 Å². The molecule has 6 nitrogen and oxygen atoms in total. The average Bonchev–Trinajstić information content (AvgIpc) is 3.11. The number of amides is 1. The van der Waals surface area contributed by atoms with Crippen molar-refractivity contribution in [2.75, 3.05) is 36.4 Å². The van der Waals surface area contributed by atoms with Gasteiger partial charge in [0.25, 0.3) is 0 Å². The van der Waals surface area contributed by atoms with Crippen molar-refractivity contribution in [3.05, 3.63) is 24.3 Å². The second kappa shape index (κ2) is 6.97. The highest BCUT2D eigenvalue weighted by Gasteiger charge is 2.19. The molecule has 1 saturated heterocycles. The van der Waals surface area contributed by atoms with E-state index in [1.165, 1.54) is 0 Å². The van der Waals surface area contributed by atoms with Gasteiger partial charge in [-0.15, -0.1) is 6.42 Å². The third-order valence-electron chi connectivity index (χ3n) is 3.76. The lowest BCUT2D eigenvalue weighted by molar-refractivity contribution is -0.119. The van der Waals surface area contributed by atoms with E-state index < -0.39 is 0 Å². The van der Waals surface area contributed by atoms with E-state index in [1.807, 2.05) is 24.3 Å². The maximum Gasteiger partial charge on any atom is 0.240 e. The Morgan fingerprint density at radius 1 is 1.22 bits per heavy atom. The Hall–Kier alpha value is -2.81. The topological polar surface area (TPSA) is 70.1 Å². The van der Waals surface area contributed by atoms with E-state index in [0.29, 0.717) is 5.82 Å². The van der Waals surface area contributed by atoms with Gasteiger partial charge in [0.1, 0.15) is 0 Å². The summed E-state index contributed by atoms with van der Waals surface area (Å²) < 4.78 is 0. The Kier molecular flexibility index (Phi) is 4.57. The van der Waals surface area contributed by atoms with E-state index in [-0.39, 0.29) is 19.0 Å². The first-order valence-electron chi connectivity index (χ1n) is 7.73. The van der Waals surface area contributed by atoms with Gasteiger partial charge in [-0.25, -0.2) is 9.97 Å². The van der Waals surface area contributed by atoms with Crippen LogP contribution in [0.25, 0.3) is 11.0 Å². The summed E-state index contributed by atoms with van der Waals surface area (Å²) >= 11 is 0. The quantitative estimate of drug-likeness (QED) is 0.817. The molecule has 23 heavy (non-hydrogen) atoms. The van der Waals surface area contributed by atoms with Gasteiger partial charge in [-0.1, -0.05) is 18.1 Å². The second-order valence-corrected chi connectivity index (χ2v) is 5.41. The highest BCUT2D eigenvalue weighted by molar-refractivity contribution is 5.84. The third kappa shape index (κ3) is 3.51. The molecule has 118 valence electrons. The van der Waals surface area contributed by atoms with Crippen LogP contribution >= 0.6 is 0 Å². The molecule has 0 bridgehead atoms. The van der Waals surface area contributed by atoms with E-state index >= 15 is 0 Å². The first-order valence-corrected chi connectivity index (χ1v) is 7.73. The fourth-order valence-corrected chi connectivity index (χ4v) is 2.63. The Labute approximate surface area is 135 Å². The molecule has 0 aliphatic carbocycles. The van der Waals surface area contributed by atoms with Crippen LogP contribution in [0.2, 0.25) is 0 Å². The van der Waals surface area contributed by atoms with Crippen LogP contribution in [-0.2, 0) is 4.79 Å². The number of carbonyl (C=O) groups excluding carboxylic acids is 1. The number of hydrogen-bond acceptors (Lipinski definition) is 5. The first kappa shape index (κ1) is 15.1. The fourth-order valence-electron chi connectivity index (χ4n) is 2.63. The molecule has 6 heteroatoms. The van der Waals surface area contributed by atoms with E-state index in [0.717, 1.165) is 42.8 Å². The molecule has 2 N–H and O–H groups in total. The van der Waals surface area contributed by atoms with E-state index in [1.54, 1.807) is 0 Å². The number of hydrogen-bond donors (Lipinski definition) is 2. The van der Waals surface area contributed by atoms with Crippen LogP contribution in [0, 0.1) is 12.3 Å². The molecular formula is C17H19N5O. The van der Waals surface area contributed by atoms with Crippen molar-refractivity contribution in [2.45, 2.75) is 12.8 Å². The molecule has 0 saturated carbocycles. The predicted molar refractivity (Wildman–Crippen MR) is 91.3 cm³/mol. The van der Waals surface area contributed by atoms with Crippen molar-refractivity contribution in [1.82, 2.24) is 15.3 Å². The van der Waals surface area contributed by atoms with Gasteiger partial charge in [0, 0.05) is 13.1 Å². The van der Waals surface area contributed by atoms with Crippen LogP contribution in [-0.4, -0.2) is 42.1 Å². The second-order valence-electron chi connectivity index (χ2n) is 5.41. The molecule has 3 rings (SSSR count). The van der Waals surface area contributed by atoms with Gasteiger partial charge in [0.05, 0.1) is 24.1 Å². The summed E-state index contributed by atoms with van der Waals surface area (Å²) in [7, 11) is 0. The fraction of sp³-hybridized carbons (Fsp3) is 0.353. The number of aromatic nitrogens is 2. The SMILES string of the molecule is C#CCNC(=O)CNc1nc2ccccc2nc1N1CCCC1. The number of nitrogens with one attached hydrogen (secondary N) is 2. The van der Waals surface area contributed by atoms with Crippen molar-refractivity contribution in [2.24, 2.45) is 0 Å². The summed E-state index contributed by atoms with van der Waals surface area (Å²) in [4.78, 5) is 23.3. The average molecular weight is 309 g/mol. The van der Waals surface area contributed by atoms with E-state index in [4.69, 9.17) is 11.4 Å². The number of fused-ring (bicyclic) bond motifs is 1. The van der Waals surface area contributed by atoms with Crippen LogP contribution in [0.15, 0.2) is 24.3 Å². The minimum absolute atomic E-state index is 0.121. The first-order chi connectivity index (χ1) is 11.3. The molecule has 2 aromatic rings.